The second-order valence-corrected chi connectivity index (χ2v) is 5.03. The Hall–Kier alpha value is -2.56. The van der Waals surface area contributed by atoms with Crippen molar-refractivity contribution in [1.82, 2.24) is 0 Å². The molecule has 0 radical (unpaired) electrons. The van der Waals surface area contributed by atoms with Crippen LogP contribution >= 0.6 is 0 Å². The molecule has 1 atom stereocenters. The molecular weight excluding hydrogens is 266 g/mol. The number of anilines is 2. The molecule has 2 rings (SSSR count). The zero-order valence-electron chi connectivity index (χ0n) is 12.0. The Kier molecular flexibility index (Phi) is 4.77. The highest BCUT2D eigenvalue weighted by atomic mass is 16.6. The second-order valence-electron chi connectivity index (χ2n) is 5.03. The van der Waals surface area contributed by atoms with Gasteiger partial charge >= 0.3 is 5.69 Å². The van der Waals surface area contributed by atoms with E-state index in [0.29, 0.717) is 18.2 Å². The molecule has 2 aromatic rings. The lowest BCUT2D eigenvalue weighted by molar-refractivity contribution is -0.383. The number of hydrogen-bond acceptors (Lipinski definition) is 4. The van der Waals surface area contributed by atoms with Crippen LogP contribution in [0, 0.1) is 10.1 Å². The van der Waals surface area contributed by atoms with Crippen LogP contribution in [-0.2, 0) is 0 Å². The van der Waals surface area contributed by atoms with Gasteiger partial charge in [0.1, 0.15) is 11.4 Å². The largest absolute Gasteiger partial charge is 0.393 e. The molecule has 0 saturated carbocycles. The van der Waals surface area contributed by atoms with Crippen molar-refractivity contribution in [2.45, 2.75) is 19.3 Å². The van der Waals surface area contributed by atoms with Crippen LogP contribution in [0.3, 0.4) is 0 Å². The molecule has 0 saturated heterocycles. The van der Waals surface area contributed by atoms with Gasteiger partial charge in [0.2, 0.25) is 0 Å². The average Bonchev–Trinajstić information content (AvgIpc) is 2.47. The Bertz CT molecular complexity index is 614. The highest BCUT2D eigenvalue weighted by Crippen LogP contribution is 2.30. The van der Waals surface area contributed by atoms with Crippen molar-refractivity contribution in [2.75, 3.05) is 17.6 Å². The molecule has 1 unspecified atom stereocenters. The molecule has 0 bridgehead atoms. The van der Waals surface area contributed by atoms with Gasteiger partial charge in [-0.15, -0.1) is 0 Å². The van der Waals surface area contributed by atoms with E-state index in [0.717, 1.165) is 6.42 Å². The third-order valence-corrected chi connectivity index (χ3v) is 3.51. The predicted molar refractivity (Wildman–Crippen MR) is 85.5 cm³/mol. The average molecular weight is 285 g/mol. The van der Waals surface area contributed by atoms with Gasteiger partial charge in [0.25, 0.3) is 0 Å². The van der Waals surface area contributed by atoms with E-state index in [1.807, 2.05) is 18.2 Å². The van der Waals surface area contributed by atoms with Crippen molar-refractivity contribution in [1.29, 1.82) is 0 Å². The van der Waals surface area contributed by atoms with Gasteiger partial charge < -0.3 is 11.1 Å². The first-order valence-corrected chi connectivity index (χ1v) is 6.91. The Labute approximate surface area is 123 Å². The van der Waals surface area contributed by atoms with Crippen molar-refractivity contribution < 1.29 is 4.92 Å². The van der Waals surface area contributed by atoms with Crippen LogP contribution < -0.4 is 11.1 Å². The van der Waals surface area contributed by atoms with Gasteiger partial charge in [-0.1, -0.05) is 43.3 Å². The van der Waals surface area contributed by atoms with Crippen LogP contribution in [0.4, 0.5) is 17.1 Å². The Balaban J connectivity index is 1.98. The molecule has 0 aromatic heterocycles. The van der Waals surface area contributed by atoms with E-state index < -0.39 is 4.92 Å². The summed E-state index contributed by atoms with van der Waals surface area (Å²) in [5.41, 5.74) is 7.53. The third-order valence-electron chi connectivity index (χ3n) is 3.51. The lowest BCUT2D eigenvalue weighted by Gasteiger charge is -2.13. The van der Waals surface area contributed by atoms with Crippen LogP contribution in [0.5, 0.6) is 0 Å². The zero-order chi connectivity index (χ0) is 15.2. The van der Waals surface area contributed by atoms with Crippen molar-refractivity contribution in [3.63, 3.8) is 0 Å². The summed E-state index contributed by atoms with van der Waals surface area (Å²) in [5, 5.41) is 14.2. The molecule has 0 amide bonds. The molecule has 3 N–H and O–H groups in total. The summed E-state index contributed by atoms with van der Waals surface area (Å²) in [7, 11) is 0. The van der Waals surface area contributed by atoms with Crippen LogP contribution in [0.2, 0.25) is 0 Å². The monoisotopic (exact) mass is 285 g/mol. The quantitative estimate of drug-likeness (QED) is 0.480. The fourth-order valence-electron chi connectivity index (χ4n) is 2.28. The molecule has 0 heterocycles. The minimum atomic E-state index is -0.446. The number of hydrogen-bond donors (Lipinski definition) is 2. The van der Waals surface area contributed by atoms with Crippen molar-refractivity contribution in [3.8, 4) is 0 Å². The Morgan fingerprint density at radius 1 is 1.19 bits per heavy atom. The number of rotatable bonds is 6. The van der Waals surface area contributed by atoms with Crippen molar-refractivity contribution in [3.05, 3.63) is 64.2 Å². The molecule has 0 fully saturated rings. The molecule has 5 nitrogen and oxygen atoms in total. The van der Waals surface area contributed by atoms with Gasteiger partial charge in [-0.25, -0.2) is 0 Å². The normalized spacial score (nSPS) is 11.9. The summed E-state index contributed by atoms with van der Waals surface area (Å²) in [4.78, 5) is 10.6. The van der Waals surface area contributed by atoms with E-state index in [1.165, 1.54) is 11.6 Å². The van der Waals surface area contributed by atoms with E-state index in [2.05, 4.69) is 24.4 Å². The van der Waals surface area contributed by atoms with Crippen molar-refractivity contribution in [2.24, 2.45) is 0 Å². The highest BCUT2D eigenvalue weighted by Gasteiger charge is 2.17. The van der Waals surface area contributed by atoms with E-state index in [1.54, 1.807) is 12.1 Å². The van der Waals surface area contributed by atoms with Gasteiger partial charge in [0, 0.05) is 6.54 Å². The summed E-state index contributed by atoms with van der Waals surface area (Å²) in [5.74, 6) is 0.388. The molecule has 0 aliphatic rings. The van der Waals surface area contributed by atoms with Crippen LogP contribution in [0.15, 0.2) is 48.5 Å². The maximum Gasteiger partial charge on any atom is 0.314 e. The number of nitrogen functional groups attached to an aromatic ring is 1. The van der Waals surface area contributed by atoms with Crippen molar-refractivity contribution >= 4 is 17.1 Å². The summed E-state index contributed by atoms with van der Waals surface area (Å²) in [6, 6.07) is 15.1. The molecular formula is C16H19N3O2. The van der Waals surface area contributed by atoms with Gasteiger partial charge in [0.15, 0.2) is 0 Å². The number of benzene rings is 2. The first-order chi connectivity index (χ1) is 10.1. The molecule has 110 valence electrons. The molecule has 0 aliphatic heterocycles. The maximum absolute atomic E-state index is 11.0. The van der Waals surface area contributed by atoms with Gasteiger partial charge in [-0.05, 0) is 30.0 Å². The van der Waals surface area contributed by atoms with E-state index in [4.69, 9.17) is 5.73 Å². The molecule has 21 heavy (non-hydrogen) atoms. The summed E-state index contributed by atoms with van der Waals surface area (Å²) in [6.07, 6.45) is 0.885. The number of para-hydroxylation sites is 1. The minimum Gasteiger partial charge on any atom is -0.393 e. The summed E-state index contributed by atoms with van der Waals surface area (Å²) >= 11 is 0. The highest BCUT2D eigenvalue weighted by molar-refractivity contribution is 5.74. The minimum absolute atomic E-state index is 0.0511. The summed E-state index contributed by atoms with van der Waals surface area (Å²) < 4.78 is 0. The first-order valence-electron chi connectivity index (χ1n) is 6.91. The molecule has 2 aromatic carbocycles. The fourth-order valence-corrected chi connectivity index (χ4v) is 2.28. The zero-order valence-corrected chi connectivity index (χ0v) is 12.0. The second kappa shape index (κ2) is 6.74. The topological polar surface area (TPSA) is 81.2 Å². The number of nitrogens with zero attached hydrogens (tertiary/aromatic N) is 1. The standard InChI is InChI=1S/C16H19N3O2/c1-12(13-6-3-2-4-7-13)10-11-18-15-9-5-8-14(17)16(15)19(20)21/h2-9,12,18H,10-11,17H2,1H3. The third kappa shape index (κ3) is 3.72. The number of nitro benzene ring substituents is 1. The lowest BCUT2D eigenvalue weighted by Crippen LogP contribution is -2.08. The Morgan fingerprint density at radius 2 is 1.90 bits per heavy atom. The maximum atomic E-state index is 11.0. The lowest BCUT2D eigenvalue weighted by atomic mass is 9.98. The number of nitrogens with one attached hydrogen (secondary N) is 1. The Morgan fingerprint density at radius 3 is 2.57 bits per heavy atom. The molecule has 0 aliphatic carbocycles. The van der Waals surface area contributed by atoms with Gasteiger partial charge in [-0.3, -0.25) is 10.1 Å². The fraction of sp³-hybridized carbons (Fsp3) is 0.250. The molecule has 5 heteroatoms. The van der Waals surface area contributed by atoms with E-state index in [-0.39, 0.29) is 11.4 Å². The van der Waals surface area contributed by atoms with E-state index in [9.17, 15) is 10.1 Å². The predicted octanol–water partition coefficient (Wildman–Crippen LogP) is 3.78. The molecule has 0 spiro atoms. The van der Waals surface area contributed by atoms with Crippen LogP contribution in [0.1, 0.15) is 24.8 Å². The van der Waals surface area contributed by atoms with Crippen LogP contribution in [-0.4, -0.2) is 11.5 Å². The van der Waals surface area contributed by atoms with Gasteiger partial charge in [-0.2, -0.15) is 0 Å². The smallest absolute Gasteiger partial charge is 0.314 e. The summed E-state index contributed by atoms with van der Waals surface area (Å²) in [6.45, 7) is 2.80. The van der Waals surface area contributed by atoms with E-state index >= 15 is 0 Å². The van der Waals surface area contributed by atoms with Gasteiger partial charge in [0.05, 0.1) is 4.92 Å². The first kappa shape index (κ1) is 14.8. The van der Waals surface area contributed by atoms with Crippen LogP contribution in [0.25, 0.3) is 0 Å². The number of nitro groups is 1. The SMILES string of the molecule is CC(CCNc1cccc(N)c1[N+](=O)[O-])c1ccccc1. The number of nitrogens with two attached hydrogens (primary N) is 1.